The summed E-state index contributed by atoms with van der Waals surface area (Å²) >= 11 is 0. The van der Waals surface area contributed by atoms with E-state index in [9.17, 15) is 13.2 Å². The van der Waals surface area contributed by atoms with Crippen molar-refractivity contribution in [3.05, 3.63) is 60.2 Å². The predicted octanol–water partition coefficient (Wildman–Crippen LogP) is 3.75. The molecule has 3 nitrogen and oxygen atoms in total. The molecule has 0 bridgehead atoms. The van der Waals surface area contributed by atoms with Crippen LogP contribution in [0.4, 0.5) is 0 Å². The molecule has 0 saturated heterocycles. The Balaban J connectivity index is 2.29. The molecule has 0 aromatic heterocycles. The molecule has 0 radical (unpaired) electrons. The van der Waals surface area contributed by atoms with E-state index in [0.717, 1.165) is 11.1 Å². The molecule has 116 valence electrons. The second kappa shape index (κ2) is 6.88. The number of carbonyl (C=O) groups excluding carboxylic acids is 1. The van der Waals surface area contributed by atoms with Crippen molar-refractivity contribution in [2.45, 2.75) is 25.5 Å². The van der Waals surface area contributed by atoms with Gasteiger partial charge in [-0.25, -0.2) is 8.42 Å². The Morgan fingerprint density at radius 1 is 0.909 bits per heavy atom. The highest BCUT2D eigenvalue weighted by molar-refractivity contribution is 7.92. The van der Waals surface area contributed by atoms with Crippen molar-refractivity contribution in [3.63, 3.8) is 0 Å². The molecule has 22 heavy (non-hydrogen) atoms. The lowest BCUT2D eigenvalue weighted by Gasteiger charge is -2.14. The van der Waals surface area contributed by atoms with Crippen LogP contribution in [0.3, 0.4) is 0 Å². The highest BCUT2D eigenvalue weighted by Crippen LogP contribution is 2.21. The fourth-order valence-electron chi connectivity index (χ4n) is 2.45. The highest BCUT2D eigenvalue weighted by atomic mass is 32.2. The van der Waals surface area contributed by atoms with E-state index in [1.807, 2.05) is 42.5 Å². The summed E-state index contributed by atoms with van der Waals surface area (Å²) in [5, 5.41) is -0.944. The Hall–Kier alpha value is -1.94. The Kier molecular flexibility index (Phi) is 5.14. The van der Waals surface area contributed by atoms with Crippen LogP contribution in [0.25, 0.3) is 11.1 Å². The van der Waals surface area contributed by atoms with Crippen molar-refractivity contribution in [1.29, 1.82) is 0 Å². The summed E-state index contributed by atoms with van der Waals surface area (Å²) in [6.45, 7) is 3.30. The zero-order valence-electron chi connectivity index (χ0n) is 12.8. The Morgan fingerprint density at radius 3 is 1.95 bits per heavy atom. The number of ketones is 1. The fraction of sp³-hybridized carbons (Fsp3) is 0.278. The van der Waals surface area contributed by atoms with E-state index < -0.39 is 15.1 Å². The van der Waals surface area contributed by atoms with Crippen molar-refractivity contribution in [1.82, 2.24) is 0 Å². The van der Waals surface area contributed by atoms with Crippen LogP contribution in [0, 0.1) is 0 Å². The molecule has 0 aliphatic rings. The average Bonchev–Trinajstić information content (AvgIpc) is 2.56. The topological polar surface area (TPSA) is 51.2 Å². The van der Waals surface area contributed by atoms with Gasteiger partial charge in [0.2, 0.25) is 0 Å². The summed E-state index contributed by atoms with van der Waals surface area (Å²) in [7, 11) is -3.37. The Labute approximate surface area is 131 Å². The largest absolute Gasteiger partial charge is 0.293 e. The first-order chi connectivity index (χ1) is 10.5. The van der Waals surface area contributed by atoms with Gasteiger partial charge in [0.25, 0.3) is 0 Å². The molecular weight excluding hydrogens is 296 g/mol. The quantitative estimate of drug-likeness (QED) is 0.763. The maximum Gasteiger partial charge on any atom is 0.180 e. The van der Waals surface area contributed by atoms with E-state index in [1.54, 1.807) is 26.0 Å². The summed E-state index contributed by atoms with van der Waals surface area (Å²) in [4.78, 5) is 12.5. The van der Waals surface area contributed by atoms with Crippen LogP contribution in [0.5, 0.6) is 0 Å². The minimum atomic E-state index is -3.37. The third kappa shape index (κ3) is 3.45. The molecule has 1 unspecified atom stereocenters. The van der Waals surface area contributed by atoms with Gasteiger partial charge < -0.3 is 0 Å². The van der Waals surface area contributed by atoms with Gasteiger partial charge in [-0.15, -0.1) is 0 Å². The van der Waals surface area contributed by atoms with Crippen LogP contribution in [-0.2, 0) is 9.84 Å². The molecule has 0 spiro atoms. The van der Waals surface area contributed by atoms with Gasteiger partial charge in [0.15, 0.2) is 15.6 Å². The molecule has 0 aliphatic heterocycles. The van der Waals surface area contributed by atoms with Crippen molar-refractivity contribution >= 4 is 15.6 Å². The Bertz CT molecular complexity index is 732. The lowest BCUT2D eigenvalue weighted by molar-refractivity contribution is 0.0985. The molecule has 0 saturated carbocycles. The van der Waals surface area contributed by atoms with Crippen molar-refractivity contribution in [2.75, 3.05) is 5.75 Å². The van der Waals surface area contributed by atoms with Gasteiger partial charge >= 0.3 is 0 Å². The van der Waals surface area contributed by atoms with Crippen LogP contribution < -0.4 is 0 Å². The van der Waals surface area contributed by atoms with E-state index in [4.69, 9.17) is 0 Å². The molecule has 0 fully saturated rings. The summed E-state index contributed by atoms with van der Waals surface area (Å²) in [6, 6.07) is 17.0. The molecule has 0 N–H and O–H groups in total. The SMILES string of the molecule is CCC(C(=O)c1ccc(-c2ccccc2)cc1)S(=O)(=O)CC. The van der Waals surface area contributed by atoms with E-state index in [2.05, 4.69) is 0 Å². The number of sulfone groups is 1. The zero-order valence-corrected chi connectivity index (χ0v) is 13.6. The van der Waals surface area contributed by atoms with Gasteiger partial charge in [-0.3, -0.25) is 4.79 Å². The number of hydrogen-bond donors (Lipinski definition) is 0. The monoisotopic (exact) mass is 316 g/mol. The third-order valence-electron chi connectivity index (χ3n) is 3.78. The zero-order chi connectivity index (χ0) is 16.2. The lowest BCUT2D eigenvalue weighted by Crippen LogP contribution is -2.31. The number of Topliss-reactive ketones (excluding diaryl/α,β-unsaturated/α-hetero) is 1. The Morgan fingerprint density at radius 2 is 1.45 bits per heavy atom. The summed E-state index contributed by atoms with van der Waals surface area (Å²) in [5.41, 5.74) is 2.52. The summed E-state index contributed by atoms with van der Waals surface area (Å²) in [6.07, 6.45) is 0.301. The molecule has 0 amide bonds. The van der Waals surface area contributed by atoms with Crippen LogP contribution in [0.15, 0.2) is 54.6 Å². The van der Waals surface area contributed by atoms with Crippen molar-refractivity contribution < 1.29 is 13.2 Å². The summed E-state index contributed by atoms with van der Waals surface area (Å²) < 4.78 is 24.0. The number of hydrogen-bond acceptors (Lipinski definition) is 3. The van der Waals surface area contributed by atoms with Gasteiger partial charge in [-0.1, -0.05) is 68.4 Å². The standard InChI is InChI=1S/C18H20O3S/c1-3-17(22(20,21)4-2)18(19)16-12-10-15(11-13-16)14-8-6-5-7-9-14/h5-13,17H,3-4H2,1-2H3. The van der Waals surface area contributed by atoms with Crippen LogP contribution in [0.2, 0.25) is 0 Å². The van der Waals surface area contributed by atoms with E-state index in [0.29, 0.717) is 12.0 Å². The van der Waals surface area contributed by atoms with E-state index in [1.165, 1.54) is 0 Å². The first-order valence-electron chi connectivity index (χ1n) is 7.41. The van der Waals surface area contributed by atoms with Crippen LogP contribution >= 0.6 is 0 Å². The number of carbonyl (C=O) groups is 1. The van der Waals surface area contributed by atoms with E-state index >= 15 is 0 Å². The highest BCUT2D eigenvalue weighted by Gasteiger charge is 2.29. The normalized spacial score (nSPS) is 12.8. The number of benzene rings is 2. The second-order valence-corrected chi connectivity index (χ2v) is 7.63. The molecule has 2 aromatic rings. The molecule has 0 heterocycles. The average molecular weight is 316 g/mol. The minimum Gasteiger partial charge on any atom is -0.293 e. The van der Waals surface area contributed by atoms with Crippen LogP contribution in [-0.4, -0.2) is 25.2 Å². The minimum absolute atomic E-state index is 0.0145. The van der Waals surface area contributed by atoms with Gasteiger partial charge in [-0.05, 0) is 17.5 Å². The van der Waals surface area contributed by atoms with E-state index in [-0.39, 0.29) is 11.5 Å². The third-order valence-corrected chi connectivity index (χ3v) is 5.99. The van der Waals surface area contributed by atoms with Crippen LogP contribution in [0.1, 0.15) is 30.6 Å². The van der Waals surface area contributed by atoms with Gasteiger partial charge in [0.1, 0.15) is 5.25 Å². The van der Waals surface area contributed by atoms with Crippen molar-refractivity contribution in [2.24, 2.45) is 0 Å². The molecule has 2 aromatic carbocycles. The smallest absolute Gasteiger partial charge is 0.180 e. The maximum atomic E-state index is 12.5. The second-order valence-electron chi connectivity index (χ2n) is 5.16. The molecular formula is C18H20O3S. The fourth-order valence-corrected chi connectivity index (χ4v) is 3.82. The van der Waals surface area contributed by atoms with Gasteiger partial charge in [0, 0.05) is 11.3 Å². The molecule has 1 atom stereocenters. The lowest BCUT2D eigenvalue weighted by atomic mass is 10.0. The van der Waals surface area contributed by atoms with Crippen molar-refractivity contribution in [3.8, 4) is 11.1 Å². The molecule has 2 rings (SSSR count). The van der Waals surface area contributed by atoms with Gasteiger partial charge in [-0.2, -0.15) is 0 Å². The molecule has 4 heteroatoms. The first-order valence-corrected chi connectivity index (χ1v) is 9.12. The summed E-state index contributed by atoms with van der Waals surface area (Å²) in [5.74, 6) is -0.330. The van der Waals surface area contributed by atoms with Gasteiger partial charge in [0.05, 0.1) is 0 Å². The maximum absolute atomic E-state index is 12.5. The predicted molar refractivity (Wildman–Crippen MR) is 89.7 cm³/mol. The number of rotatable bonds is 6. The first kappa shape index (κ1) is 16.4. The molecule has 0 aliphatic carbocycles.